The fourth-order valence-electron chi connectivity index (χ4n) is 3.27. The first-order valence-electron chi connectivity index (χ1n) is 11.3. The number of para-hydroxylation sites is 1. The zero-order valence-electron chi connectivity index (χ0n) is 18.9. The number of benzene rings is 3. The Bertz CT molecular complexity index is 1080. The van der Waals surface area contributed by atoms with E-state index in [1.54, 1.807) is 0 Å². The van der Waals surface area contributed by atoms with Gasteiger partial charge in [0, 0.05) is 11.4 Å². The van der Waals surface area contributed by atoms with Crippen molar-refractivity contribution in [3.63, 3.8) is 0 Å². The Morgan fingerprint density at radius 3 is 2.18 bits per heavy atom. The van der Waals surface area contributed by atoms with Crippen molar-refractivity contribution in [2.75, 3.05) is 17.2 Å². The second kappa shape index (κ2) is 13.0. The molecule has 0 saturated carbocycles. The molecule has 0 heterocycles. The van der Waals surface area contributed by atoms with Gasteiger partial charge in [-0.05, 0) is 72.2 Å². The number of nitriles is 1. The molecule has 0 aliphatic heterocycles. The maximum absolute atomic E-state index is 9.67. The van der Waals surface area contributed by atoms with E-state index in [-0.39, 0.29) is 0 Å². The highest BCUT2D eigenvalue weighted by Gasteiger charge is 2.04. The summed E-state index contributed by atoms with van der Waals surface area (Å²) in [6, 6.07) is 27.6. The SMILES string of the molecule is CCCCCCOc1ccc(C=C(C#N)c2ccc(NC(=S)Nc3ccccc3)cc2)cc1. The van der Waals surface area contributed by atoms with Crippen molar-refractivity contribution in [3.8, 4) is 11.8 Å². The summed E-state index contributed by atoms with van der Waals surface area (Å²) in [5.41, 5.74) is 4.18. The number of nitrogens with one attached hydrogen (secondary N) is 2. The minimum atomic E-state index is 0.512. The summed E-state index contributed by atoms with van der Waals surface area (Å²) in [5, 5.41) is 16.5. The largest absolute Gasteiger partial charge is 0.494 e. The summed E-state index contributed by atoms with van der Waals surface area (Å²) in [5.74, 6) is 0.859. The van der Waals surface area contributed by atoms with E-state index in [9.17, 15) is 5.26 Å². The van der Waals surface area contributed by atoms with Gasteiger partial charge >= 0.3 is 0 Å². The number of allylic oxidation sites excluding steroid dienone is 1. The van der Waals surface area contributed by atoms with Crippen LogP contribution in [0.25, 0.3) is 11.6 Å². The van der Waals surface area contributed by atoms with Crippen molar-refractivity contribution in [3.05, 3.63) is 90.0 Å². The van der Waals surface area contributed by atoms with Gasteiger partial charge < -0.3 is 15.4 Å². The van der Waals surface area contributed by atoms with Crippen LogP contribution in [0.15, 0.2) is 78.9 Å². The van der Waals surface area contributed by atoms with Gasteiger partial charge in [0.05, 0.1) is 18.2 Å². The molecule has 0 fully saturated rings. The molecule has 0 unspecified atom stereocenters. The summed E-state index contributed by atoms with van der Waals surface area (Å²) in [4.78, 5) is 0. The molecule has 2 N–H and O–H groups in total. The smallest absolute Gasteiger partial charge is 0.175 e. The van der Waals surface area contributed by atoms with E-state index in [4.69, 9.17) is 17.0 Å². The van der Waals surface area contributed by atoms with Gasteiger partial charge in [0.2, 0.25) is 0 Å². The molecule has 0 aliphatic carbocycles. The zero-order chi connectivity index (χ0) is 23.3. The molecule has 0 saturated heterocycles. The molecular formula is C28H29N3OS. The Kier molecular flexibility index (Phi) is 9.50. The highest BCUT2D eigenvalue weighted by atomic mass is 32.1. The van der Waals surface area contributed by atoms with E-state index >= 15 is 0 Å². The molecule has 33 heavy (non-hydrogen) atoms. The first-order chi connectivity index (χ1) is 16.2. The molecular weight excluding hydrogens is 426 g/mol. The third kappa shape index (κ3) is 8.10. The van der Waals surface area contributed by atoms with Gasteiger partial charge in [-0.25, -0.2) is 0 Å². The lowest BCUT2D eigenvalue weighted by Gasteiger charge is -2.11. The lowest BCUT2D eigenvalue weighted by molar-refractivity contribution is 0.305. The number of rotatable bonds is 10. The minimum absolute atomic E-state index is 0.512. The molecule has 3 aromatic carbocycles. The highest BCUT2D eigenvalue weighted by molar-refractivity contribution is 7.80. The van der Waals surface area contributed by atoms with Crippen LogP contribution in [0.1, 0.15) is 43.7 Å². The van der Waals surface area contributed by atoms with Gasteiger partial charge in [0.25, 0.3) is 0 Å². The third-order valence-corrected chi connectivity index (χ3v) is 5.27. The standard InChI is InChI=1S/C28H29N3OS/c1-2-3-4-8-19-32-27-17-11-22(12-18-27)20-24(21-29)23-13-15-26(16-14-23)31-28(33)30-25-9-6-5-7-10-25/h5-7,9-18,20H,2-4,8,19H2,1H3,(H2,30,31,33). The van der Waals surface area contributed by atoms with Gasteiger partial charge in [0.1, 0.15) is 5.75 Å². The molecule has 5 heteroatoms. The highest BCUT2D eigenvalue weighted by Crippen LogP contribution is 2.22. The van der Waals surface area contributed by atoms with Crippen LogP contribution in [0.4, 0.5) is 11.4 Å². The summed E-state index contributed by atoms with van der Waals surface area (Å²) in [6.07, 6.45) is 6.63. The first-order valence-corrected chi connectivity index (χ1v) is 11.7. The summed E-state index contributed by atoms with van der Waals surface area (Å²) >= 11 is 5.37. The van der Waals surface area contributed by atoms with E-state index in [0.29, 0.717) is 10.7 Å². The molecule has 3 aromatic rings. The first kappa shape index (κ1) is 24.0. The van der Waals surface area contributed by atoms with Gasteiger partial charge in [-0.3, -0.25) is 0 Å². The normalized spacial score (nSPS) is 10.8. The van der Waals surface area contributed by atoms with Gasteiger partial charge in [0.15, 0.2) is 5.11 Å². The third-order valence-electron chi connectivity index (χ3n) is 5.06. The second-order valence-electron chi connectivity index (χ2n) is 7.67. The van der Waals surface area contributed by atoms with E-state index < -0.39 is 0 Å². The van der Waals surface area contributed by atoms with Crippen LogP contribution in [0, 0.1) is 11.3 Å². The number of nitrogens with zero attached hydrogens (tertiary/aromatic N) is 1. The number of hydrogen-bond donors (Lipinski definition) is 2. The molecule has 0 bridgehead atoms. The van der Waals surface area contributed by atoms with Gasteiger partial charge in [-0.2, -0.15) is 5.26 Å². The molecule has 4 nitrogen and oxygen atoms in total. The van der Waals surface area contributed by atoms with Gasteiger partial charge in [-0.1, -0.05) is 68.7 Å². The van der Waals surface area contributed by atoms with Crippen LogP contribution in [-0.4, -0.2) is 11.7 Å². The molecule has 3 rings (SSSR count). The molecule has 0 aromatic heterocycles. The van der Waals surface area contributed by atoms with Crippen molar-refractivity contribution in [2.24, 2.45) is 0 Å². The average molecular weight is 456 g/mol. The molecule has 0 radical (unpaired) electrons. The van der Waals surface area contributed by atoms with Crippen LogP contribution in [-0.2, 0) is 0 Å². The lowest BCUT2D eigenvalue weighted by Crippen LogP contribution is -2.18. The van der Waals surface area contributed by atoms with Crippen LogP contribution < -0.4 is 15.4 Å². The number of thiocarbonyl (C=S) groups is 1. The van der Waals surface area contributed by atoms with Crippen molar-refractivity contribution in [1.29, 1.82) is 5.26 Å². The molecule has 0 aliphatic rings. The summed E-state index contributed by atoms with van der Waals surface area (Å²) in [6.45, 7) is 2.94. The Morgan fingerprint density at radius 2 is 1.55 bits per heavy atom. The van der Waals surface area contributed by atoms with Crippen LogP contribution in [0.3, 0.4) is 0 Å². The van der Waals surface area contributed by atoms with Crippen molar-refractivity contribution >= 4 is 40.4 Å². The monoisotopic (exact) mass is 455 g/mol. The Balaban J connectivity index is 1.57. The van der Waals surface area contributed by atoms with E-state index in [2.05, 4.69) is 23.6 Å². The number of hydrogen-bond acceptors (Lipinski definition) is 3. The fourth-order valence-corrected chi connectivity index (χ4v) is 3.51. The number of unbranched alkanes of at least 4 members (excludes halogenated alkanes) is 3. The lowest BCUT2D eigenvalue weighted by atomic mass is 10.0. The number of ether oxygens (including phenoxy) is 1. The average Bonchev–Trinajstić information content (AvgIpc) is 2.84. The number of anilines is 2. The Hall–Kier alpha value is -3.62. The van der Waals surface area contributed by atoms with E-state index in [0.717, 1.165) is 41.3 Å². The Labute approximate surface area is 201 Å². The van der Waals surface area contributed by atoms with Crippen LogP contribution >= 0.6 is 12.2 Å². The Morgan fingerprint density at radius 1 is 0.879 bits per heavy atom. The topological polar surface area (TPSA) is 57.1 Å². The van der Waals surface area contributed by atoms with E-state index in [1.165, 1.54) is 19.3 Å². The van der Waals surface area contributed by atoms with Crippen LogP contribution in [0.5, 0.6) is 5.75 Å². The molecule has 0 spiro atoms. The predicted octanol–water partition coefficient (Wildman–Crippen LogP) is 7.52. The summed E-state index contributed by atoms with van der Waals surface area (Å²) in [7, 11) is 0. The quantitative estimate of drug-likeness (QED) is 0.143. The maximum Gasteiger partial charge on any atom is 0.175 e. The second-order valence-corrected chi connectivity index (χ2v) is 8.08. The summed E-state index contributed by atoms with van der Waals surface area (Å²) < 4.78 is 5.80. The maximum atomic E-state index is 9.67. The minimum Gasteiger partial charge on any atom is -0.494 e. The van der Waals surface area contributed by atoms with Crippen molar-refractivity contribution in [2.45, 2.75) is 32.6 Å². The van der Waals surface area contributed by atoms with E-state index in [1.807, 2.05) is 84.9 Å². The zero-order valence-corrected chi connectivity index (χ0v) is 19.7. The predicted molar refractivity (Wildman–Crippen MR) is 142 cm³/mol. The fraction of sp³-hybridized carbons (Fsp3) is 0.214. The molecule has 0 amide bonds. The van der Waals surface area contributed by atoms with Crippen LogP contribution in [0.2, 0.25) is 0 Å². The van der Waals surface area contributed by atoms with Gasteiger partial charge in [-0.15, -0.1) is 0 Å². The van der Waals surface area contributed by atoms with Crippen molar-refractivity contribution in [1.82, 2.24) is 0 Å². The molecule has 168 valence electrons. The molecule has 0 atom stereocenters. The van der Waals surface area contributed by atoms with Crippen molar-refractivity contribution < 1.29 is 4.74 Å².